The summed E-state index contributed by atoms with van der Waals surface area (Å²) in [5.41, 5.74) is 1.90. The molecule has 3 aromatic rings. The van der Waals surface area contributed by atoms with Crippen LogP contribution in [0.25, 0.3) is 10.9 Å². The molecular formula is C17H21N6S+. The molecule has 4 heterocycles. The molecule has 1 fully saturated rings. The Hall–Kier alpha value is -2.28. The normalized spacial score (nSPS) is 15.1. The molecule has 0 aliphatic carbocycles. The van der Waals surface area contributed by atoms with Crippen LogP contribution in [0.3, 0.4) is 0 Å². The first kappa shape index (κ1) is 15.3. The second-order valence-electron chi connectivity index (χ2n) is 6.28. The van der Waals surface area contributed by atoms with Gasteiger partial charge in [-0.1, -0.05) is 0 Å². The summed E-state index contributed by atoms with van der Waals surface area (Å²) in [7, 11) is 2.01. The number of likely N-dealkylation sites (tertiary alicyclic amines) is 1. The molecule has 0 saturated carbocycles. The Kier molecular flexibility index (Phi) is 4.02. The first-order valence-electron chi connectivity index (χ1n) is 8.30. The highest BCUT2D eigenvalue weighted by atomic mass is 32.1. The molecule has 24 heavy (non-hydrogen) atoms. The zero-order valence-electron chi connectivity index (χ0n) is 13.8. The molecule has 0 atom stereocenters. The fourth-order valence-corrected chi connectivity index (χ4v) is 3.93. The lowest BCUT2D eigenvalue weighted by Gasteiger charge is -2.28. The Morgan fingerprint density at radius 3 is 3.00 bits per heavy atom. The average molecular weight is 341 g/mol. The smallest absolute Gasteiger partial charge is 0.179 e. The topological polar surface area (TPSA) is 61.7 Å². The van der Waals surface area contributed by atoms with E-state index < -0.39 is 0 Å². The Morgan fingerprint density at radius 1 is 1.33 bits per heavy atom. The first-order chi connectivity index (χ1) is 11.7. The van der Waals surface area contributed by atoms with Crippen LogP contribution in [0.1, 0.15) is 30.0 Å². The summed E-state index contributed by atoms with van der Waals surface area (Å²) >= 11 is 1.61. The summed E-state index contributed by atoms with van der Waals surface area (Å²) in [6.45, 7) is 2.61. The van der Waals surface area contributed by atoms with Gasteiger partial charge in [-0.05, 0) is 19.3 Å². The van der Waals surface area contributed by atoms with Gasteiger partial charge in [0, 0.05) is 24.5 Å². The van der Waals surface area contributed by atoms with E-state index in [2.05, 4.69) is 27.2 Å². The number of pyridine rings is 1. The van der Waals surface area contributed by atoms with E-state index in [1.165, 1.54) is 19.3 Å². The minimum absolute atomic E-state index is 0.564. The van der Waals surface area contributed by atoms with Gasteiger partial charge in [0.2, 0.25) is 0 Å². The van der Waals surface area contributed by atoms with Gasteiger partial charge in [-0.3, -0.25) is 10.1 Å². The SMILES string of the molecule is C[n+]1ccc2c(cnn2Cc2nc(C(=N)N3CCCCC3)cs2)c1. The number of amidine groups is 1. The first-order valence-corrected chi connectivity index (χ1v) is 9.18. The van der Waals surface area contributed by atoms with Crippen molar-refractivity contribution in [1.82, 2.24) is 19.7 Å². The van der Waals surface area contributed by atoms with Crippen molar-refractivity contribution in [3.05, 3.63) is 40.7 Å². The third-order valence-electron chi connectivity index (χ3n) is 4.47. The van der Waals surface area contributed by atoms with Crippen LogP contribution >= 0.6 is 11.3 Å². The number of thiazole rings is 1. The van der Waals surface area contributed by atoms with Gasteiger partial charge in [0.1, 0.15) is 23.6 Å². The van der Waals surface area contributed by atoms with E-state index in [9.17, 15) is 0 Å². The predicted molar refractivity (Wildman–Crippen MR) is 94.4 cm³/mol. The zero-order valence-corrected chi connectivity index (χ0v) is 14.6. The molecule has 4 rings (SSSR count). The van der Waals surface area contributed by atoms with Crippen molar-refractivity contribution in [2.75, 3.05) is 13.1 Å². The standard InChI is InChI=1S/C17H21N6S/c1-21-8-5-15-13(10-21)9-19-23(15)11-16-20-14(12-24-16)17(18)22-6-3-2-4-7-22/h5,8-10,12,18H,2-4,6-7,11H2,1H3/q+1. The van der Waals surface area contributed by atoms with Crippen LogP contribution in [0.2, 0.25) is 0 Å². The van der Waals surface area contributed by atoms with Crippen LogP contribution in [-0.2, 0) is 13.6 Å². The monoisotopic (exact) mass is 341 g/mol. The van der Waals surface area contributed by atoms with Gasteiger partial charge in [-0.15, -0.1) is 11.3 Å². The number of rotatable bonds is 3. The van der Waals surface area contributed by atoms with E-state index in [1.54, 1.807) is 11.3 Å². The summed E-state index contributed by atoms with van der Waals surface area (Å²) in [4.78, 5) is 6.82. The highest BCUT2D eigenvalue weighted by molar-refractivity contribution is 7.09. The molecule has 0 unspecified atom stereocenters. The molecule has 1 aliphatic rings. The second kappa shape index (κ2) is 6.32. The summed E-state index contributed by atoms with van der Waals surface area (Å²) in [6.07, 6.45) is 9.61. The van der Waals surface area contributed by atoms with Crippen molar-refractivity contribution in [3.63, 3.8) is 0 Å². The maximum absolute atomic E-state index is 8.39. The maximum atomic E-state index is 8.39. The van der Waals surface area contributed by atoms with Crippen molar-refractivity contribution < 1.29 is 4.57 Å². The molecule has 1 N–H and O–H groups in total. The van der Waals surface area contributed by atoms with Crippen molar-refractivity contribution >= 4 is 28.1 Å². The predicted octanol–water partition coefficient (Wildman–Crippen LogP) is 2.18. The number of hydrogen-bond acceptors (Lipinski definition) is 4. The number of hydrogen-bond donors (Lipinski definition) is 1. The second-order valence-corrected chi connectivity index (χ2v) is 7.22. The lowest BCUT2D eigenvalue weighted by molar-refractivity contribution is -0.670. The lowest BCUT2D eigenvalue weighted by Crippen LogP contribution is -2.35. The van der Waals surface area contributed by atoms with Gasteiger partial charge < -0.3 is 4.90 Å². The lowest BCUT2D eigenvalue weighted by atomic mass is 10.1. The number of aryl methyl sites for hydroxylation is 1. The Morgan fingerprint density at radius 2 is 2.17 bits per heavy atom. The molecule has 7 heteroatoms. The molecule has 3 aromatic heterocycles. The fraction of sp³-hybridized carbons (Fsp3) is 0.412. The quantitative estimate of drug-likeness (QED) is 0.451. The fourth-order valence-electron chi connectivity index (χ4n) is 3.17. The van der Waals surface area contributed by atoms with Crippen LogP contribution in [0, 0.1) is 5.41 Å². The number of nitrogens with one attached hydrogen (secondary N) is 1. The van der Waals surface area contributed by atoms with Gasteiger partial charge >= 0.3 is 0 Å². The van der Waals surface area contributed by atoms with Gasteiger partial charge in [0.25, 0.3) is 0 Å². The summed E-state index contributed by atoms with van der Waals surface area (Å²) in [5, 5.41) is 17.0. The minimum atomic E-state index is 0.564. The van der Waals surface area contributed by atoms with Gasteiger partial charge in [0.15, 0.2) is 12.4 Å². The summed E-state index contributed by atoms with van der Waals surface area (Å²) < 4.78 is 4.00. The van der Waals surface area contributed by atoms with Crippen molar-refractivity contribution in [2.24, 2.45) is 7.05 Å². The molecule has 6 nitrogen and oxygen atoms in total. The van der Waals surface area contributed by atoms with Crippen LogP contribution in [0.15, 0.2) is 30.0 Å². The molecule has 0 aromatic carbocycles. The number of piperidine rings is 1. The molecule has 124 valence electrons. The maximum Gasteiger partial charge on any atom is 0.179 e. The molecule has 0 spiro atoms. The molecule has 0 bridgehead atoms. The molecule has 0 radical (unpaired) electrons. The summed E-state index contributed by atoms with van der Waals surface area (Å²) in [6, 6.07) is 2.08. The van der Waals surface area contributed by atoms with E-state index >= 15 is 0 Å². The zero-order chi connectivity index (χ0) is 16.5. The van der Waals surface area contributed by atoms with Crippen LogP contribution < -0.4 is 4.57 Å². The third-order valence-corrected chi connectivity index (χ3v) is 5.31. The third kappa shape index (κ3) is 2.91. The largest absolute Gasteiger partial charge is 0.355 e. The summed E-state index contributed by atoms with van der Waals surface area (Å²) in [5.74, 6) is 0.564. The van der Waals surface area contributed by atoms with Crippen molar-refractivity contribution in [2.45, 2.75) is 25.8 Å². The Labute approximate surface area is 144 Å². The number of aromatic nitrogens is 4. The van der Waals surface area contributed by atoms with E-state index in [0.717, 1.165) is 34.7 Å². The van der Waals surface area contributed by atoms with Gasteiger partial charge in [0.05, 0.1) is 23.6 Å². The Bertz CT molecular complexity index is 874. The van der Waals surface area contributed by atoms with Gasteiger partial charge in [-0.25, -0.2) is 9.55 Å². The van der Waals surface area contributed by atoms with E-state index in [1.807, 2.05) is 34.1 Å². The van der Waals surface area contributed by atoms with Crippen molar-refractivity contribution in [1.29, 1.82) is 5.41 Å². The van der Waals surface area contributed by atoms with Crippen LogP contribution in [0.5, 0.6) is 0 Å². The molecule has 0 amide bonds. The number of fused-ring (bicyclic) bond motifs is 1. The van der Waals surface area contributed by atoms with Crippen LogP contribution in [-0.4, -0.2) is 38.6 Å². The van der Waals surface area contributed by atoms with Crippen molar-refractivity contribution in [3.8, 4) is 0 Å². The Balaban J connectivity index is 1.53. The van der Waals surface area contributed by atoms with E-state index in [4.69, 9.17) is 5.41 Å². The highest BCUT2D eigenvalue weighted by Crippen LogP contribution is 2.18. The van der Waals surface area contributed by atoms with Gasteiger partial charge in [-0.2, -0.15) is 5.10 Å². The highest BCUT2D eigenvalue weighted by Gasteiger charge is 2.18. The molecule has 1 aliphatic heterocycles. The number of nitrogens with zero attached hydrogens (tertiary/aromatic N) is 5. The van der Waals surface area contributed by atoms with Crippen LogP contribution in [0.4, 0.5) is 0 Å². The van der Waals surface area contributed by atoms with E-state index in [-0.39, 0.29) is 0 Å². The molecular weight excluding hydrogens is 320 g/mol. The average Bonchev–Trinajstić information content (AvgIpc) is 3.22. The minimum Gasteiger partial charge on any atom is -0.355 e. The molecule has 1 saturated heterocycles. The van der Waals surface area contributed by atoms with E-state index in [0.29, 0.717) is 12.4 Å².